The second kappa shape index (κ2) is 9.36. The summed E-state index contributed by atoms with van der Waals surface area (Å²) in [7, 11) is 0. The number of nitro benzene ring substituents is 1. The van der Waals surface area contributed by atoms with Gasteiger partial charge < -0.3 is 0 Å². The number of rotatable bonds is 5. The quantitative estimate of drug-likeness (QED) is 0.118. The molecule has 2 fully saturated rings. The molecule has 0 saturated carbocycles. The summed E-state index contributed by atoms with van der Waals surface area (Å²) in [6.45, 7) is 0. The third-order valence-electron chi connectivity index (χ3n) is 6.50. The number of carbonyl (C=O) groups is 2. The number of halogens is 1. The Bertz CT molecular complexity index is 1520. The first-order valence-corrected chi connectivity index (χ1v) is 13.3. The average Bonchev–Trinajstić information content (AvgIpc) is 3.61. The van der Waals surface area contributed by atoms with Crippen LogP contribution in [0.3, 0.4) is 0 Å². The smallest absolute Gasteiger partial charge is 0.269 e. The maximum atomic E-state index is 13.8. The van der Waals surface area contributed by atoms with Crippen LogP contribution in [0.1, 0.15) is 10.9 Å². The van der Waals surface area contributed by atoms with Crippen LogP contribution < -0.4 is 9.96 Å². The van der Waals surface area contributed by atoms with Crippen molar-refractivity contribution in [2.75, 3.05) is 9.96 Å². The highest BCUT2D eigenvalue weighted by molar-refractivity contribution is 14.1. The number of amides is 2. The highest BCUT2D eigenvalue weighted by Crippen LogP contribution is 2.50. The first-order valence-electron chi connectivity index (χ1n) is 11.4. The number of imide groups is 1. The molecule has 4 aromatic rings. The molecule has 2 amide bonds. The molecule has 8 nitrogen and oxygen atoms in total. The van der Waals surface area contributed by atoms with Crippen LogP contribution in [0.15, 0.2) is 91.0 Å². The molecule has 0 aliphatic carbocycles. The predicted molar refractivity (Wildman–Crippen MR) is 148 cm³/mol. The van der Waals surface area contributed by atoms with Crippen molar-refractivity contribution in [3.8, 4) is 10.4 Å². The van der Waals surface area contributed by atoms with Gasteiger partial charge in [0.25, 0.3) is 11.6 Å². The number of anilines is 2. The van der Waals surface area contributed by atoms with Gasteiger partial charge in [0.15, 0.2) is 6.10 Å². The summed E-state index contributed by atoms with van der Waals surface area (Å²) in [5.41, 5.74) is 2.15. The monoisotopic (exact) mass is 623 g/mol. The van der Waals surface area contributed by atoms with Gasteiger partial charge in [0.2, 0.25) is 5.91 Å². The Morgan fingerprint density at radius 1 is 0.865 bits per heavy atom. The second-order valence-electron chi connectivity index (χ2n) is 8.63. The maximum Gasteiger partial charge on any atom is 0.269 e. The summed E-state index contributed by atoms with van der Waals surface area (Å²) in [4.78, 5) is 47.2. The summed E-state index contributed by atoms with van der Waals surface area (Å²) in [6.07, 6.45) is -0.946. The normalized spacial score (nSPS) is 20.9. The lowest BCUT2D eigenvalue weighted by Crippen LogP contribution is -2.37. The number of hydrogen-bond acceptors (Lipinski definition) is 7. The largest absolute Gasteiger partial charge is 0.273 e. The van der Waals surface area contributed by atoms with E-state index in [4.69, 9.17) is 4.84 Å². The van der Waals surface area contributed by atoms with E-state index in [1.54, 1.807) is 29.3 Å². The molecular formula is C27H18IN3O5S. The number of nitro groups is 1. The van der Waals surface area contributed by atoms with Crippen LogP contribution in [0.4, 0.5) is 17.1 Å². The summed E-state index contributed by atoms with van der Waals surface area (Å²) >= 11 is 3.60. The zero-order valence-electron chi connectivity index (χ0n) is 19.1. The van der Waals surface area contributed by atoms with Crippen LogP contribution in [0.5, 0.6) is 0 Å². The molecule has 2 aliphatic rings. The van der Waals surface area contributed by atoms with Crippen LogP contribution in [-0.2, 0) is 14.4 Å². The van der Waals surface area contributed by atoms with Gasteiger partial charge in [-0.1, -0.05) is 30.3 Å². The summed E-state index contributed by atoms with van der Waals surface area (Å²) in [5, 5.41) is 12.7. The van der Waals surface area contributed by atoms with E-state index < -0.39 is 23.0 Å². The highest BCUT2D eigenvalue weighted by Gasteiger charge is 2.60. The van der Waals surface area contributed by atoms with E-state index in [2.05, 4.69) is 22.6 Å². The second-order valence-corrected chi connectivity index (χ2v) is 10.9. The molecule has 0 spiro atoms. The molecule has 0 radical (unpaired) electrons. The molecule has 10 heteroatoms. The zero-order valence-corrected chi connectivity index (χ0v) is 22.0. The van der Waals surface area contributed by atoms with Crippen molar-refractivity contribution in [2.45, 2.75) is 12.1 Å². The Kier molecular flexibility index (Phi) is 6.01. The molecule has 2 saturated heterocycles. The molecule has 0 N–H and O–H groups in total. The van der Waals surface area contributed by atoms with Crippen LogP contribution in [-0.4, -0.2) is 22.8 Å². The van der Waals surface area contributed by atoms with Crippen LogP contribution >= 0.6 is 33.9 Å². The molecule has 0 bridgehead atoms. The van der Waals surface area contributed by atoms with E-state index >= 15 is 0 Å². The number of hydrogen-bond donors (Lipinski definition) is 0. The molecule has 2 aliphatic heterocycles. The zero-order chi connectivity index (χ0) is 25.7. The molecule has 37 heavy (non-hydrogen) atoms. The van der Waals surface area contributed by atoms with Gasteiger partial charge in [-0.05, 0) is 76.7 Å². The molecule has 3 heterocycles. The SMILES string of the molecule is O=C1[C@@H]2[C@@H](c3ccc(-c4ccc([N+](=O)[O-])cc4)s3)N(c3ccccc3)O[C@H]2C(=O)N1c1ccccc1I. The minimum atomic E-state index is -0.946. The van der Waals surface area contributed by atoms with Gasteiger partial charge in [-0.3, -0.25) is 24.5 Å². The number of thiophene rings is 1. The van der Waals surface area contributed by atoms with Crippen molar-refractivity contribution >= 4 is 62.8 Å². The minimum absolute atomic E-state index is 0.0218. The first-order chi connectivity index (χ1) is 17.9. The molecule has 3 aromatic carbocycles. The topological polar surface area (TPSA) is 93.0 Å². The fourth-order valence-corrected chi connectivity index (χ4v) is 6.56. The summed E-state index contributed by atoms with van der Waals surface area (Å²) in [6, 6.07) is 26.4. The Labute approximate surface area is 229 Å². The molecule has 1 aromatic heterocycles. The van der Waals surface area contributed by atoms with E-state index in [1.165, 1.54) is 28.4 Å². The lowest BCUT2D eigenvalue weighted by atomic mass is 9.95. The fourth-order valence-electron chi connectivity index (χ4n) is 4.79. The Morgan fingerprint density at radius 2 is 1.57 bits per heavy atom. The number of para-hydroxylation sites is 2. The van der Waals surface area contributed by atoms with Crippen molar-refractivity contribution in [3.05, 3.63) is 110 Å². The van der Waals surface area contributed by atoms with Gasteiger partial charge in [-0.25, -0.2) is 9.96 Å². The third kappa shape index (κ3) is 4.01. The van der Waals surface area contributed by atoms with Gasteiger partial charge >= 0.3 is 0 Å². The fraction of sp³-hybridized carbons (Fsp3) is 0.111. The minimum Gasteiger partial charge on any atom is -0.273 e. The number of non-ortho nitro benzene ring substituents is 1. The summed E-state index contributed by atoms with van der Waals surface area (Å²) < 4.78 is 0.801. The average molecular weight is 623 g/mol. The molecular weight excluding hydrogens is 605 g/mol. The third-order valence-corrected chi connectivity index (χ3v) is 8.62. The van der Waals surface area contributed by atoms with Gasteiger partial charge in [-0.2, -0.15) is 0 Å². The molecule has 3 atom stereocenters. The van der Waals surface area contributed by atoms with E-state index in [0.29, 0.717) is 5.69 Å². The Balaban J connectivity index is 1.40. The number of fused-ring (bicyclic) bond motifs is 1. The maximum absolute atomic E-state index is 13.8. The van der Waals surface area contributed by atoms with Gasteiger partial charge in [0.1, 0.15) is 12.0 Å². The number of hydroxylamine groups is 1. The lowest BCUT2D eigenvalue weighted by molar-refractivity contribution is -0.384. The van der Waals surface area contributed by atoms with Crippen molar-refractivity contribution < 1.29 is 19.3 Å². The number of carbonyl (C=O) groups excluding carboxylic acids is 2. The standard InChI is InChI=1S/C27H18IN3O5S/c28-19-8-4-5-9-20(19)29-26(32)23-24(30(36-25(23)27(29)33)17-6-2-1-3-7-17)22-15-14-21(37-22)16-10-12-18(13-11-16)31(34)35/h1-15,23-25H/t23-,24-,25-/m1/s1. The van der Waals surface area contributed by atoms with Crippen LogP contribution in [0.2, 0.25) is 0 Å². The molecule has 0 unspecified atom stereocenters. The number of benzene rings is 3. The van der Waals surface area contributed by atoms with Gasteiger partial charge in [0, 0.05) is 25.5 Å². The Hall–Kier alpha value is -3.61. The van der Waals surface area contributed by atoms with E-state index in [0.717, 1.165) is 24.6 Å². The highest BCUT2D eigenvalue weighted by atomic mass is 127. The van der Waals surface area contributed by atoms with Gasteiger partial charge in [0.05, 0.1) is 16.3 Å². The number of nitrogens with zero attached hydrogens (tertiary/aromatic N) is 3. The predicted octanol–water partition coefficient (Wildman–Crippen LogP) is 5.98. The van der Waals surface area contributed by atoms with Crippen LogP contribution in [0.25, 0.3) is 10.4 Å². The summed E-state index contributed by atoms with van der Waals surface area (Å²) in [5.74, 6) is -1.41. The molecule has 6 rings (SSSR count). The first kappa shape index (κ1) is 23.8. The Morgan fingerprint density at radius 3 is 2.27 bits per heavy atom. The van der Waals surface area contributed by atoms with E-state index in [1.807, 2.05) is 54.6 Å². The van der Waals surface area contributed by atoms with E-state index in [9.17, 15) is 19.7 Å². The van der Waals surface area contributed by atoms with Crippen molar-refractivity contribution in [1.82, 2.24) is 0 Å². The molecule has 184 valence electrons. The van der Waals surface area contributed by atoms with Gasteiger partial charge in [-0.15, -0.1) is 11.3 Å². The van der Waals surface area contributed by atoms with Crippen molar-refractivity contribution in [3.63, 3.8) is 0 Å². The lowest BCUT2D eigenvalue weighted by Gasteiger charge is -2.28. The van der Waals surface area contributed by atoms with Crippen molar-refractivity contribution in [1.29, 1.82) is 0 Å². The van der Waals surface area contributed by atoms with Crippen molar-refractivity contribution in [2.24, 2.45) is 5.92 Å². The van der Waals surface area contributed by atoms with E-state index in [-0.39, 0.29) is 17.5 Å². The van der Waals surface area contributed by atoms with Crippen LogP contribution in [0, 0.1) is 19.6 Å².